The van der Waals surface area contributed by atoms with E-state index >= 15 is 0 Å². The van der Waals surface area contributed by atoms with Gasteiger partial charge in [0.15, 0.2) is 0 Å². The highest BCUT2D eigenvalue weighted by Gasteiger charge is 2.27. The minimum Gasteiger partial charge on any atom is -0.466 e. The van der Waals surface area contributed by atoms with E-state index in [1.165, 1.54) is 0 Å². The number of rotatable bonds is 4. The second-order valence-electron chi connectivity index (χ2n) is 3.76. The fourth-order valence-corrected chi connectivity index (χ4v) is 1.53. The Morgan fingerprint density at radius 3 is 2.50 bits per heavy atom. The number of benzene rings is 1. The largest absolute Gasteiger partial charge is 0.466 e. The molecule has 1 aromatic carbocycles. The van der Waals surface area contributed by atoms with Crippen LogP contribution in [0.15, 0.2) is 24.3 Å². The molecule has 1 N–H and O–H groups in total. The number of ether oxygens (including phenoxy) is 1. The van der Waals surface area contributed by atoms with Crippen LogP contribution in [0.3, 0.4) is 0 Å². The maximum Gasteiger partial charge on any atom is 0.309 e. The summed E-state index contributed by atoms with van der Waals surface area (Å²) >= 11 is 5.74. The highest BCUT2D eigenvalue weighted by molar-refractivity contribution is 6.30. The van der Waals surface area contributed by atoms with E-state index in [0.717, 1.165) is 0 Å². The third-order valence-corrected chi connectivity index (χ3v) is 2.51. The fourth-order valence-electron chi connectivity index (χ4n) is 1.40. The average Bonchev–Trinajstić information content (AvgIpc) is 2.17. The number of carbonyl (C=O) groups is 1. The number of hydrogen-bond donors (Lipinski definition) is 1. The topological polar surface area (TPSA) is 46.5 Å². The number of esters is 1. The molecule has 0 heterocycles. The molecule has 0 fully saturated rings. The van der Waals surface area contributed by atoms with Gasteiger partial charge in [-0.15, -0.1) is 0 Å². The van der Waals surface area contributed by atoms with Crippen LogP contribution < -0.4 is 0 Å². The van der Waals surface area contributed by atoms with E-state index in [1.807, 2.05) is 0 Å². The summed E-state index contributed by atoms with van der Waals surface area (Å²) in [5.74, 6) is -0.414. The maximum absolute atomic E-state index is 11.3. The molecular weight excluding hydrogens is 228 g/mol. The van der Waals surface area contributed by atoms with Crippen molar-refractivity contribution in [3.05, 3.63) is 34.9 Å². The van der Waals surface area contributed by atoms with Crippen molar-refractivity contribution in [2.45, 2.75) is 25.9 Å². The van der Waals surface area contributed by atoms with Crippen LogP contribution in [-0.2, 0) is 15.1 Å². The Morgan fingerprint density at radius 2 is 2.00 bits per heavy atom. The Bertz CT molecular complexity index is 357. The molecule has 88 valence electrons. The van der Waals surface area contributed by atoms with Gasteiger partial charge in [0, 0.05) is 5.02 Å². The molecule has 0 aliphatic heterocycles. The van der Waals surface area contributed by atoms with Gasteiger partial charge < -0.3 is 9.84 Å². The van der Waals surface area contributed by atoms with E-state index in [9.17, 15) is 9.90 Å². The first kappa shape index (κ1) is 13.0. The fraction of sp³-hybridized carbons (Fsp3) is 0.417. The van der Waals surface area contributed by atoms with E-state index in [1.54, 1.807) is 38.1 Å². The van der Waals surface area contributed by atoms with Crippen LogP contribution in [0.4, 0.5) is 0 Å². The molecule has 0 radical (unpaired) electrons. The lowest BCUT2D eigenvalue weighted by atomic mass is 9.93. The van der Waals surface area contributed by atoms with Gasteiger partial charge in [0.1, 0.15) is 0 Å². The van der Waals surface area contributed by atoms with Gasteiger partial charge in [-0.05, 0) is 31.5 Å². The van der Waals surface area contributed by atoms with Crippen molar-refractivity contribution in [3.8, 4) is 0 Å². The van der Waals surface area contributed by atoms with Gasteiger partial charge >= 0.3 is 5.97 Å². The van der Waals surface area contributed by atoms with Crippen molar-refractivity contribution >= 4 is 17.6 Å². The van der Waals surface area contributed by atoms with Crippen molar-refractivity contribution in [1.82, 2.24) is 0 Å². The van der Waals surface area contributed by atoms with Crippen LogP contribution >= 0.6 is 11.6 Å². The Balaban J connectivity index is 2.76. The molecule has 0 unspecified atom stereocenters. The molecule has 0 spiro atoms. The lowest BCUT2D eigenvalue weighted by Gasteiger charge is -2.22. The van der Waals surface area contributed by atoms with E-state index in [-0.39, 0.29) is 6.42 Å². The zero-order valence-corrected chi connectivity index (χ0v) is 10.1. The Morgan fingerprint density at radius 1 is 1.44 bits per heavy atom. The molecule has 0 amide bonds. The Labute approximate surface area is 100.0 Å². The Kier molecular flexibility index (Phi) is 4.33. The van der Waals surface area contributed by atoms with E-state index in [0.29, 0.717) is 17.2 Å². The molecular formula is C12H15ClO3. The highest BCUT2D eigenvalue weighted by Crippen LogP contribution is 2.26. The smallest absolute Gasteiger partial charge is 0.309 e. The molecule has 1 aromatic rings. The zero-order chi connectivity index (χ0) is 12.2. The standard InChI is InChI=1S/C12H15ClO3/c1-3-16-11(14)8-12(2,15)9-4-6-10(13)7-5-9/h4-7,15H,3,8H2,1-2H3/t12-/m0/s1. The third-order valence-electron chi connectivity index (χ3n) is 2.26. The molecule has 0 saturated carbocycles. The SMILES string of the molecule is CCOC(=O)C[C@](C)(O)c1ccc(Cl)cc1. The molecule has 0 aliphatic carbocycles. The Hall–Kier alpha value is -1.06. The average molecular weight is 243 g/mol. The normalized spacial score (nSPS) is 14.2. The minimum atomic E-state index is -1.23. The number of halogens is 1. The third kappa shape index (κ3) is 3.51. The number of carbonyl (C=O) groups excluding carboxylic acids is 1. The van der Waals surface area contributed by atoms with Gasteiger partial charge in [-0.25, -0.2) is 0 Å². The maximum atomic E-state index is 11.3. The summed E-state index contributed by atoms with van der Waals surface area (Å²) in [7, 11) is 0. The van der Waals surface area contributed by atoms with Gasteiger partial charge in [-0.1, -0.05) is 23.7 Å². The monoisotopic (exact) mass is 242 g/mol. The summed E-state index contributed by atoms with van der Waals surface area (Å²) in [6.45, 7) is 3.62. The van der Waals surface area contributed by atoms with E-state index in [2.05, 4.69) is 0 Å². The van der Waals surface area contributed by atoms with Crippen molar-refractivity contribution in [2.24, 2.45) is 0 Å². The van der Waals surface area contributed by atoms with Gasteiger partial charge in [-0.2, -0.15) is 0 Å². The summed E-state index contributed by atoms with van der Waals surface area (Å²) in [6.07, 6.45) is -0.0670. The summed E-state index contributed by atoms with van der Waals surface area (Å²) in [5, 5.41) is 10.7. The molecule has 1 rings (SSSR count). The first-order valence-corrected chi connectivity index (χ1v) is 5.47. The molecule has 3 nitrogen and oxygen atoms in total. The van der Waals surface area contributed by atoms with Crippen LogP contribution in [0.1, 0.15) is 25.8 Å². The van der Waals surface area contributed by atoms with Gasteiger partial charge in [-0.3, -0.25) is 4.79 Å². The molecule has 0 bridgehead atoms. The van der Waals surface area contributed by atoms with Crippen LogP contribution in [0.5, 0.6) is 0 Å². The van der Waals surface area contributed by atoms with Crippen LogP contribution in [0.25, 0.3) is 0 Å². The first-order valence-electron chi connectivity index (χ1n) is 5.10. The number of hydrogen-bond acceptors (Lipinski definition) is 3. The molecule has 0 aromatic heterocycles. The second kappa shape index (κ2) is 5.32. The lowest BCUT2D eigenvalue weighted by molar-refractivity contribution is -0.148. The number of aliphatic hydroxyl groups is 1. The summed E-state index contributed by atoms with van der Waals surface area (Å²) in [6, 6.07) is 6.75. The quantitative estimate of drug-likeness (QED) is 0.826. The molecule has 0 saturated heterocycles. The predicted molar refractivity (Wildman–Crippen MR) is 62.3 cm³/mol. The van der Waals surface area contributed by atoms with Crippen LogP contribution in [0, 0.1) is 0 Å². The van der Waals surface area contributed by atoms with Crippen molar-refractivity contribution in [1.29, 1.82) is 0 Å². The zero-order valence-electron chi connectivity index (χ0n) is 9.37. The molecule has 1 atom stereocenters. The van der Waals surface area contributed by atoms with Crippen LogP contribution in [-0.4, -0.2) is 17.7 Å². The van der Waals surface area contributed by atoms with Gasteiger partial charge in [0.05, 0.1) is 18.6 Å². The van der Waals surface area contributed by atoms with Crippen LogP contribution in [0.2, 0.25) is 5.02 Å². The lowest BCUT2D eigenvalue weighted by Crippen LogP contribution is -2.26. The predicted octanol–water partition coefficient (Wildman–Crippen LogP) is 2.50. The molecule has 0 aliphatic rings. The first-order chi connectivity index (χ1) is 7.45. The summed E-state index contributed by atoms with van der Waals surface area (Å²) in [5.41, 5.74) is -0.582. The summed E-state index contributed by atoms with van der Waals surface area (Å²) in [4.78, 5) is 11.3. The highest BCUT2D eigenvalue weighted by atomic mass is 35.5. The minimum absolute atomic E-state index is 0.0670. The van der Waals surface area contributed by atoms with E-state index < -0.39 is 11.6 Å². The summed E-state index contributed by atoms with van der Waals surface area (Å²) < 4.78 is 4.80. The van der Waals surface area contributed by atoms with Gasteiger partial charge in [0.25, 0.3) is 0 Å². The van der Waals surface area contributed by atoms with E-state index in [4.69, 9.17) is 16.3 Å². The molecule has 16 heavy (non-hydrogen) atoms. The second-order valence-corrected chi connectivity index (χ2v) is 4.20. The van der Waals surface area contributed by atoms with Gasteiger partial charge in [0.2, 0.25) is 0 Å². The van der Waals surface area contributed by atoms with Crippen molar-refractivity contribution < 1.29 is 14.6 Å². The van der Waals surface area contributed by atoms with Crippen molar-refractivity contribution in [3.63, 3.8) is 0 Å². The van der Waals surface area contributed by atoms with Crippen molar-refractivity contribution in [2.75, 3.05) is 6.61 Å². The molecule has 4 heteroatoms.